The molecule has 1 aliphatic rings. The van der Waals surface area contributed by atoms with Crippen molar-refractivity contribution in [2.75, 3.05) is 29.6 Å². The first-order valence-electron chi connectivity index (χ1n) is 6.21. The molecular formula is C12H20N4S. The van der Waals surface area contributed by atoms with Gasteiger partial charge in [-0.3, -0.25) is 0 Å². The van der Waals surface area contributed by atoms with Crippen molar-refractivity contribution in [3.63, 3.8) is 0 Å². The molecule has 0 radical (unpaired) electrons. The van der Waals surface area contributed by atoms with Crippen molar-refractivity contribution < 1.29 is 0 Å². The van der Waals surface area contributed by atoms with Crippen LogP contribution in [0.1, 0.15) is 25.7 Å². The number of thiol groups is 1. The molecule has 0 aromatic carbocycles. The predicted octanol–water partition coefficient (Wildman–Crippen LogP) is 2.20. The second-order valence-electron chi connectivity index (χ2n) is 4.46. The Morgan fingerprint density at radius 2 is 2.18 bits per heavy atom. The van der Waals surface area contributed by atoms with E-state index in [1.54, 1.807) is 6.33 Å². The first-order valence-corrected chi connectivity index (χ1v) is 6.84. The molecule has 1 heterocycles. The van der Waals surface area contributed by atoms with Gasteiger partial charge in [0.15, 0.2) is 0 Å². The Kier molecular flexibility index (Phi) is 4.48. The summed E-state index contributed by atoms with van der Waals surface area (Å²) in [5, 5.41) is 3.23. The molecule has 0 spiro atoms. The summed E-state index contributed by atoms with van der Waals surface area (Å²) in [4.78, 5) is 10.8. The highest BCUT2D eigenvalue weighted by molar-refractivity contribution is 7.80. The first kappa shape index (κ1) is 12.5. The molecule has 0 bridgehead atoms. The summed E-state index contributed by atoms with van der Waals surface area (Å²) in [6, 6.07) is 2.66. The van der Waals surface area contributed by atoms with Crippen molar-refractivity contribution in [2.24, 2.45) is 0 Å². The van der Waals surface area contributed by atoms with E-state index >= 15 is 0 Å². The molecule has 0 saturated heterocycles. The van der Waals surface area contributed by atoms with E-state index in [1.807, 2.05) is 6.07 Å². The van der Waals surface area contributed by atoms with Crippen LogP contribution in [0.15, 0.2) is 12.4 Å². The third-order valence-electron chi connectivity index (χ3n) is 3.30. The molecule has 0 atom stereocenters. The zero-order chi connectivity index (χ0) is 12.1. The summed E-state index contributed by atoms with van der Waals surface area (Å²) in [5.74, 6) is 2.69. The zero-order valence-corrected chi connectivity index (χ0v) is 11.2. The van der Waals surface area contributed by atoms with Crippen molar-refractivity contribution in [1.29, 1.82) is 0 Å². The Balaban J connectivity index is 2.03. The van der Waals surface area contributed by atoms with Crippen LogP contribution in [0.4, 0.5) is 11.6 Å². The van der Waals surface area contributed by atoms with Crippen LogP contribution in [-0.2, 0) is 0 Å². The number of anilines is 2. The molecule has 1 N–H and O–H groups in total. The summed E-state index contributed by atoms with van der Waals surface area (Å²) in [7, 11) is 2.13. The van der Waals surface area contributed by atoms with Gasteiger partial charge < -0.3 is 10.2 Å². The van der Waals surface area contributed by atoms with Crippen LogP contribution >= 0.6 is 12.6 Å². The Labute approximate surface area is 108 Å². The lowest BCUT2D eigenvalue weighted by molar-refractivity contribution is 0.646. The molecule has 0 unspecified atom stereocenters. The average Bonchev–Trinajstić information content (AvgIpc) is 2.89. The van der Waals surface area contributed by atoms with Gasteiger partial charge in [-0.1, -0.05) is 12.8 Å². The maximum atomic E-state index is 4.35. The van der Waals surface area contributed by atoms with E-state index in [0.717, 1.165) is 23.9 Å². The summed E-state index contributed by atoms with van der Waals surface area (Å²) < 4.78 is 0. The molecule has 1 aliphatic carbocycles. The van der Waals surface area contributed by atoms with E-state index in [9.17, 15) is 0 Å². The minimum absolute atomic E-state index is 0.641. The van der Waals surface area contributed by atoms with Crippen molar-refractivity contribution in [1.82, 2.24) is 9.97 Å². The second-order valence-corrected chi connectivity index (χ2v) is 4.91. The Morgan fingerprint density at radius 3 is 2.88 bits per heavy atom. The number of aromatic nitrogens is 2. The number of hydrogen-bond donors (Lipinski definition) is 2. The largest absolute Gasteiger partial charge is 0.369 e. The Morgan fingerprint density at radius 1 is 1.41 bits per heavy atom. The van der Waals surface area contributed by atoms with Crippen LogP contribution in [-0.4, -0.2) is 35.4 Å². The van der Waals surface area contributed by atoms with Gasteiger partial charge in [-0.15, -0.1) is 0 Å². The van der Waals surface area contributed by atoms with Crippen molar-refractivity contribution in [3.8, 4) is 0 Å². The lowest BCUT2D eigenvalue weighted by Gasteiger charge is -2.25. The molecular weight excluding hydrogens is 232 g/mol. The molecule has 1 saturated carbocycles. The Bertz CT molecular complexity index is 352. The van der Waals surface area contributed by atoms with Crippen LogP contribution in [0.5, 0.6) is 0 Å². The highest BCUT2D eigenvalue weighted by Crippen LogP contribution is 2.26. The van der Waals surface area contributed by atoms with Gasteiger partial charge >= 0.3 is 0 Å². The molecule has 5 heteroatoms. The van der Waals surface area contributed by atoms with Crippen LogP contribution in [0.2, 0.25) is 0 Å². The van der Waals surface area contributed by atoms with Gasteiger partial charge in [-0.25, -0.2) is 9.97 Å². The maximum absolute atomic E-state index is 4.35. The highest BCUT2D eigenvalue weighted by atomic mass is 32.1. The lowest BCUT2D eigenvalue weighted by atomic mass is 10.2. The SMILES string of the molecule is CN(c1cc(NCCS)ncn1)C1CCCC1. The first-order chi connectivity index (χ1) is 8.31. The summed E-state index contributed by atoms with van der Waals surface area (Å²) in [5.41, 5.74) is 0. The summed E-state index contributed by atoms with van der Waals surface area (Å²) in [6.07, 6.45) is 6.86. The quantitative estimate of drug-likeness (QED) is 0.788. The van der Waals surface area contributed by atoms with Gasteiger partial charge in [-0.05, 0) is 12.8 Å². The van der Waals surface area contributed by atoms with Gasteiger partial charge in [0.05, 0.1) is 0 Å². The highest BCUT2D eigenvalue weighted by Gasteiger charge is 2.20. The monoisotopic (exact) mass is 252 g/mol. The van der Waals surface area contributed by atoms with E-state index in [4.69, 9.17) is 0 Å². The zero-order valence-electron chi connectivity index (χ0n) is 10.3. The number of hydrogen-bond acceptors (Lipinski definition) is 5. The summed E-state index contributed by atoms with van der Waals surface area (Å²) >= 11 is 4.17. The van der Waals surface area contributed by atoms with E-state index in [2.05, 4.69) is 39.9 Å². The van der Waals surface area contributed by atoms with Crippen molar-refractivity contribution in [3.05, 3.63) is 12.4 Å². The van der Waals surface area contributed by atoms with Gasteiger partial charge in [0.2, 0.25) is 0 Å². The van der Waals surface area contributed by atoms with Gasteiger partial charge in [0, 0.05) is 31.5 Å². The molecule has 17 heavy (non-hydrogen) atoms. The molecule has 2 rings (SSSR count). The molecule has 4 nitrogen and oxygen atoms in total. The number of rotatable bonds is 5. The summed E-state index contributed by atoms with van der Waals surface area (Å²) in [6.45, 7) is 0.826. The average molecular weight is 252 g/mol. The fraction of sp³-hybridized carbons (Fsp3) is 0.667. The molecule has 0 aliphatic heterocycles. The van der Waals surface area contributed by atoms with Crippen LogP contribution in [0.25, 0.3) is 0 Å². The van der Waals surface area contributed by atoms with E-state index in [0.29, 0.717) is 6.04 Å². The lowest BCUT2D eigenvalue weighted by Crippen LogP contribution is -2.29. The van der Waals surface area contributed by atoms with Crippen molar-refractivity contribution in [2.45, 2.75) is 31.7 Å². The van der Waals surface area contributed by atoms with Crippen LogP contribution < -0.4 is 10.2 Å². The fourth-order valence-electron chi connectivity index (χ4n) is 2.30. The van der Waals surface area contributed by atoms with Gasteiger partial charge in [0.25, 0.3) is 0 Å². The van der Waals surface area contributed by atoms with Gasteiger partial charge in [-0.2, -0.15) is 12.6 Å². The van der Waals surface area contributed by atoms with E-state index in [-0.39, 0.29) is 0 Å². The predicted molar refractivity (Wildman–Crippen MR) is 75.0 cm³/mol. The topological polar surface area (TPSA) is 41.0 Å². The Hall–Kier alpha value is -0.970. The fourth-order valence-corrected chi connectivity index (χ4v) is 2.41. The standard InChI is InChI=1S/C12H20N4S/c1-16(10-4-2-3-5-10)12-8-11(13-6-7-17)14-9-15-12/h8-10,17H,2-7H2,1H3,(H,13,14,15). The van der Waals surface area contributed by atoms with E-state index in [1.165, 1.54) is 25.7 Å². The van der Waals surface area contributed by atoms with Gasteiger partial charge in [0.1, 0.15) is 18.0 Å². The molecule has 94 valence electrons. The molecule has 1 aromatic rings. The van der Waals surface area contributed by atoms with E-state index < -0.39 is 0 Å². The number of nitrogens with one attached hydrogen (secondary N) is 1. The number of nitrogens with zero attached hydrogens (tertiary/aromatic N) is 3. The third kappa shape index (κ3) is 3.25. The minimum atomic E-state index is 0.641. The van der Waals surface area contributed by atoms with Crippen LogP contribution in [0, 0.1) is 0 Å². The normalized spacial score (nSPS) is 16.1. The molecule has 0 amide bonds. The maximum Gasteiger partial charge on any atom is 0.134 e. The second kappa shape index (κ2) is 6.10. The minimum Gasteiger partial charge on any atom is -0.369 e. The smallest absolute Gasteiger partial charge is 0.134 e. The third-order valence-corrected chi connectivity index (χ3v) is 3.53. The van der Waals surface area contributed by atoms with Crippen LogP contribution in [0.3, 0.4) is 0 Å². The molecule has 1 fully saturated rings. The molecule has 1 aromatic heterocycles. The van der Waals surface area contributed by atoms with Crippen molar-refractivity contribution >= 4 is 24.3 Å².